The van der Waals surface area contributed by atoms with Gasteiger partial charge in [0.05, 0.1) is 10.9 Å². The lowest BCUT2D eigenvalue weighted by Crippen LogP contribution is -2.20. The molecule has 0 fully saturated rings. The lowest BCUT2D eigenvalue weighted by atomic mass is 10.2. The van der Waals surface area contributed by atoms with Crippen molar-refractivity contribution in [3.05, 3.63) is 75.3 Å². The first kappa shape index (κ1) is 13.6. The largest absolute Gasteiger partial charge is 0.296 e. The molecule has 0 bridgehead atoms. The standard InChI is InChI=1S/C17H13ClN2O/c1-20-16(11-8-12-6-9-13(18)10-7-12)19-15-5-3-2-4-14(15)17(20)21/h2-11H,1H3/b11-8+. The average molecular weight is 297 g/mol. The van der Waals surface area contributed by atoms with Crippen LogP contribution in [-0.2, 0) is 7.05 Å². The molecule has 21 heavy (non-hydrogen) atoms. The topological polar surface area (TPSA) is 34.9 Å². The fourth-order valence-corrected chi connectivity index (χ4v) is 2.25. The number of aromatic nitrogens is 2. The van der Waals surface area contributed by atoms with Gasteiger partial charge in [-0.15, -0.1) is 0 Å². The average Bonchev–Trinajstić information content (AvgIpc) is 2.51. The van der Waals surface area contributed by atoms with Gasteiger partial charge in [0.1, 0.15) is 5.82 Å². The monoisotopic (exact) mass is 296 g/mol. The van der Waals surface area contributed by atoms with E-state index in [0.29, 0.717) is 21.7 Å². The van der Waals surface area contributed by atoms with Gasteiger partial charge in [-0.2, -0.15) is 0 Å². The summed E-state index contributed by atoms with van der Waals surface area (Å²) in [5.41, 5.74) is 1.66. The molecule has 0 N–H and O–H groups in total. The lowest BCUT2D eigenvalue weighted by molar-refractivity contribution is 0.828. The second-order valence-electron chi connectivity index (χ2n) is 4.74. The first-order chi connectivity index (χ1) is 10.1. The van der Waals surface area contributed by atoms with E-state index in [1.54, 1.807) is 17.7 Å². The van der Waals surface area contributed by atoms with Gasteiger partial charge >= 0.3 is 0 Å². The zero-order valence-corrected chi connectivity index (χ0v) is 12.2. The number of hydrogen-bond donors (Lipinski definition) is 0. The highest BCUT2D eigenvalue weighted by Gasteiger charge is 2.04. The molecule has 0 saturated heterocycles. The molecule has 2 aromatic carbocycles. The second kappa shape index (κ2) is 5.54. The van der Waals surface area contributed by atoms with Crippen molar-refractivity contribution in [1.82, 2.24) is 9.55 Å². The summed E-state index contributed by atoms with van der Waals surface area (Å²) in [5.74, 6) is 0.619. The molecule has 0 saturated carbocycles. The molecule has 0 aliphatic heterocycles. The normalized spacial score (nSPS) is 11.3. The molecule has 0 spiro atoms. The molecule has 1 heterocycles. The zero-order chi connectivity index (χ0) is 14.8. The smallest absolute Gasteiger partial charge is 0.261 e. The van der Waals surface area contributed by atoms with Crippen LogP contribution in [0, 0.1) is 0 Å². The fraction of sp³-hybridized carbons (Fsp3) is 0.0588. The summed E-state index contributed by atoms with van der Waals surface area (Å²) in [6.45, 7) is 0. The van der Waals surface area contributed by atoms with Crippen LogP contribution in [0.2, 0.25) is 5.02 Å². The summed E-state index contributed by atoms with van der Waals surface area (Å²) < 4.78 is 1.55. The minimum atomic E-state index is -0.0450. The van der Waals surface area contributed by atoms with Gasteiger partial charge in [0.15, 0.2) is 0 Å². The van der Waals surface area contributed by atoms with E-state index in [9.17, 15) is 4.79 Å². The van der Waals surface area contributed by atoms with Crippen LogP contribution in [0.3, 0.4) is 0 Å². The van der Waals surface area contributed by atoms with Crippen LogP contribution < -0.4 is 5.56 Å². The number of halogens is 1. The summed E-state index contributed by atoms with van der Waals surface area (Å²) in [7, 11) is 1.73. The Hall–Kier alpha value is -2.39. The second-order valence-corrected chi connectivity index (χ2v) is 5.17. The first-order valence-corrected chi connectivity index (χ1v) is 6.92. The van der Waals surface area contributed by atoms with Crippen molar-refractivity contribution in [2.75, 3.05) is 0 Å². The van der Waals surface area contributed by atoms with Crippen molar-refractivity contribution in [1.29, 1.82) is 0 Å². The van der Waals surface area contributed by atoms with Gasteiger partial charge < -0.3 is 0 Å². The molecule has 0 atom stereocenters. The fourth-order valence-electron chi connectivity index (χ4n) is 2.13. The van der Waals surface area contributed by atoms with E-state index in [4.69, 9.17) is 11.6 Å². The number of nitrogens with zero attached hydrogens (tertiary/aromatic N) is 2. The molecule has 3 nitrogen and oxygen atoms in total. The minimum absolute atomic E-state index is 0.0450. The lowest BCUT2D eigenvalue weighted by Gasteiger charge is -2.05. The molecule has 0 amide bonds. The van der Waals surface area contributed by atoms with Gasteiger partial charge in [-0.3, -0.25) is 9.36 Å². The molecule has 4 heteroatoms. The number of fused-ring (bicyclic) bond motifs is 1. The molecule has 3 rings (SSSR count). The van der Waals surface area contributed by atoms with Crippen molar-refractivity contribution in [2.24, 2.45) is 7.05 Å². The predicted molar refractivity (Wildman–Crippen MR) is 87.4 cm³/mol. The SMILES string of the molecule is Cn1c(/C=C/c2ccc(Cl)cc2)nc2ccccc2c1=O. The summed E-state index contributed by atoms with van der Waals surface area (Å²) in [6, 6.07) is 14.8. The molecular formula is C17H13ClN2O. The molecule has 0 aliphatic carbocycles. The van der Waals surface area contributed by atoms with Gasteiger partial charge in [-0.1, -0.05) is 41.9 Å². The van der Waals surface area contributed by atoms with Crippen LogP contribution in [0.25, 0.3) is 23.1 Å². The van der Waals surface area contributed by atoms with E-state index in [0.717, 1.165) is 5.56 Å². The Kier molecular flexibility index (Phi) is 3.59. The Morgan fingerprint density at radius 1 is 1.05 bits per heavy atom. The Balaban J connectivity index is 2.06. The van der Waals surface area contributed by atoms with Crippen LogP contribution in [0.15, 0.2) is 53.3 Å². The molecule has 3 aromatic rings. The van der Waals surface area contributed by atoms with Crippen molar-refractivity contribution < 1.29 is 0 Å². The van der Waals surface area contributed by atoms with Crippen molar-refractivity contribution >= 4 is 34.7 Å². The third kappa shape index (κ3) is 2.73. The highest BCUT2D eigenvalue weighted by Crippen LogP contribution is 2.13. The maximum atomic E-state index is 12.3. The molecule has 0 aliphatic rings. The Labute approximate surface area is 127 Å². The van der Waals surface area contributed by atoms with Crippen LogP contribution in [0.4, 0.5) is 0 Å². The number of para-hydroxylation sites is 1. The van der Waals surface area contributed by atoms with Crippen LogP contribution in [-0.4, -0.2) is 9.55 Å². The van der Waals surface area contributed by atoms with Crippen LogP contribution in [0.1, 0.15) is 11.4 Å². The summed E-state index contributed by atoms with van der Waals surface area (Å²) in [4.78, 5) is 16.8. The van der Waals surface area contributed by atoms with Gasteiger partial charge in [-0.05, 0) is 35.9 Å². The Morgan fingerprint density at radius 2 is 1.76 bits per heavy atom. The maximum absolute atomic E-state index is 12.3. The molecular weight excluding hydrogens is 284 g/mol. The van der Waals surface area contributed by atoms with E-state index < -0.39 is 0 Å². The summed E-state index contributed by atoms with van der Waals surface area (Å²) in [6.07, 6.45) is 3.74. The first-order valence-electron chi connectivity index (χ1n) is 6.54. The zero-order valence-electron chi connectivity index (χ0n) is 11.5. The Morgan fingerprint density at radius 3 is 2.52 bits per heavy atom. The third-order valence-corrected chi connectivity index (χ3v) is 3.56. The molecule has 0 unspecified atom stereocenters. The number of rotatable bonds is 2. The van der Waals surface area contributed by atoms with Crippen LogP contribution in [0.5, 0.6) is 0 Å². The number of benzene rings is 2. The van der Waals surface area contributed by atoms with E-state index >= 15 is 0 Å². The third-order valence-electron chi connectivity index (χ3n) is 3.31. The van der Waals surface area contributed by atoms with E-state index in [2.05, 4.69) is 4.98 Å². The highest BCUT2D eigenvalue weighted by molar-refractivity contribution is 6.30. The minimum Gasteiger partial charge on any atom is -0.296 e. The maximum Gasteiger partial charge on any atom is 0.261 e. The number of hydrogen-bond acceptors (Lipinski definition) is 2. The van der Waals surface area contributed by atoms with Gasteiger partial charge in [0.25, 0.3) is 5.56 Å². The summed E-state index contributed by atoms with van der Waals surface area (Å²) in [5, 5.41) is 1.33. The van der Waals surface area contributed by atoms with Crippen molar-refractivity contribution in [3.8, 4) is 0 Å². The van der Waals surface area contributed by atoms with Crippen molar-refractivity contribution in [3.63, 3.8) is 0 Å². The quantitative estimate of drug-likeness (QED) is 0.722. The van der Waals surface area contributed by atoms with E-state index in [1.165, 1.54) is 0 Å². The highest BCUT2D eigenvalue weighted by atomic mass is 35.5. The van der Waals surface area contributed by atoms with Crippen molar-refractivity contribution in [2.45, 2.75) is 0 Å². The predicted octanol–water partition coefficient (Wildman–Crippen LogP) is 3.76. The molecule has 0 radical (unpaired) electrons. The van der Waals surface area contributed by atoms with E-state index in [1.807, 2.05) is 54.6 Å². The van der Waals surface area contributed by atoms with E-state index in [-0.39, 0.29) is 5.56 Å². The molecule has 104 valence electrons. The van der Waals surface area contributed by atoms with Gasteiger partial charge in [0, 0.05) is 12.1 Å². The summed E-state index contributed by atoms with van der Waals surface area (Å²) >= 11 is 5.86. The Bertz CT molecular complexity index is 879. The van der Waals surface area contributed by atoms with Crippen LogP contribution >= 0.6 is 11.6 Å². The van der Waals surface area contributed by atoms with Gasteiger partial charge in [-0.25, -0.2) is 4.98 Å². The van der Waals surface area contributed by atoms with Gasteiger partial charge in [0.2, 0.25) is 0 Å². The molecule has 1 aromatic heterocycles.